The van der Waals surface area contributed by atoms with Crippen LogP contribution in [-0.4, -0.2) is 41.8 Å². The van der Waals surface area contributed by atoms with Gasteiger partial charge in [-0.15, -0.1) is 0 Å². The van der Waals surface area contributed by atoms with Gasteiger partial charge in [-0.05, 0) is 57.9 Å². The zero-order valence-electron chi connectivity index (χ0n) is 18.7. The Labute approximate surface area is 188 Å². The Bertz CT molecular complexity index is 1030. The number of rotatable bonds is 4. The molecule has 1 amide bonds. The number of carbonyl (C=O) groups excluding carboxylic acids is 1. The smallest absolute Gasteiger partial charge is 0.410 e. The summed E-state index contributed by atoms with van der Waals surface area (Å²) in [6.07, 6.45) is 1.70. The Morgan fingerprint density at radius 2 is 1.88 bits per heavy atom. The molecule has 2 aliphatic rings. The Morgan fingerprint density at radius 1 is 1.16 bits per heavy atom. The summed E-state index contributed by atoms with van der Waals surface area (Å²) >= 11 is 0. The van der Waals surface area contributed by atoms with Gasteiger partial charge in [0.25, 0.3) is 0 Å². The molecule has 2 fully saturated rings. The molecule has 0 aliphatic carbocycles. The van der Waals surface area contributed by atoms with Gasteiger partial charge >= 0.3 is 6.09 Å². The summed E-state index contributed by atoms with van der Waals surface area (Å²) in [4.78, 5) is 16.9. The number of halogens is 1. The van der Waals surface area contributed by atoms with Crippen molar-refractivity contribution >= 4 is 11.8 Å². The first kappa shape index (κ1) is 21.9. The molecular formula is C25H28FN3O3. The second kappa shape index (κ2) is 8.70. The Hall–Kier alpha value is -3.27. The average molecular weight is 438 g/mol. The third kappa shape index (κ3) is 4.80. The largest absolute Gasteiger partial charge is 0.489 e. The van der Waals surface area contributed by atoms with Crippen LogP contribution in [0.5, 0.6) is 5.75 Å². The fourth-order valence-electron chi connectivity index (χ4n) is 4.39. The molecule has 32 heavy (non-hydrogen) atoms. The maximum atomic E-state index is 14.1. The number of anilines is 1. The van der Waals surface area contributed by atoms with E-state index in [9.17, 15) is 9.18 Å². The topological polar surface area (TPSA) is 65.8 Å². The molecule has 0 aromatic heterocycles. The molecule has 0 saturated carbocycles. The van der Waals surface area contributed by atoms with E-state index in [1.165, 1.54) is 6.07 Å². The first-order chi connectivity index (χ1) is 15.2. The third-order valence-corrected chi connectivity index (χ3v) is 5.85. The molecule has 2 aromatic rings. The summed E-state index contributed by atoms with van der Waals surface area (Å²) < 4.78 is 25.6. The Balaban J connectivity index is 1.41. The molecule has 2 atom stereocenters. The average Bonchev–Trinajstić information content (AvgIpc) is 3.01. The van der Waals surface area contributed by atoms with Crippen molar-refractivity contribution in [2.75, 3.05) is 18.0 Å². The number of carbonyl (C=O) groups is 1. The summed E-state index contributed by atoms with van der Waals surface area (Å²) in [6, 6.07) is 14.3. The lowest BCUT2D eigenvalue weighted by Crippen LogP contribution is -2.56. The summed E-state index contributed by atoms with van der Waals surface area (Å²) in [5, 5.41) is 8.87. The molecule has 2 saturated heterocycles. The molecule has 0 radical (unpaired) electrons. The predicted octanol–water partition coefficient (Wildman–Crippen LogP) is 4.86. The molecule has 168 valence electrons. The van der Waals surface area contributed by atoms with Crippen molar-refractivity contribution in [3.05, 3.63) is 59.4 Å². The van der Waals surface area contributed by atoms with Crippen molar-refractivity contribution < 1.29 is 18.7 Å². The fraction of sp³-hybridized carbons (Fsp3) is 0.440. The van der Waals surface area contributed by atoms with E-state index in [1.54, 1.807) is 12.1 Å². The molecule has 0 spiro atoms. The van der Waals surface area contributed by atoms with Crippen LogP contribution in [0.15, 0.2) is 42.5 Å². The SMILES string of the molecule is CC(C)(C)OC(=O)N1C2CCC1CN(c1cccc(OCc3ccc(C#N)cc3F)c1)C2. The second-order valence-electron chi connectivity index (χ2n) is 9.38. The maximum absolute atomic E-state index is 14.1. The molecule has 2 aromatic carbocycles. The van der Waals surface area contributed by atoms with Gasteiger partial charge in [0.15, 0.2) is 0 Å². The van der Waals surface area contributed by atoms with Gasteiger partial charge < -0.3 is 14.4 Å². The molecule has 0 N–H and O–H groups in total. The van der Waals surface area contributed by atoms with Crippen molar-refractivity contribution in [1.82, 2.24) is 4.90 Å². The molecule has 6 nitrogen and oxygen atoms in total. The van der Waals surface area contributed by atoms with Crippen LogP contribution in [0.25, 0.3) is 0 Å². The highest BCUT2D eigenvalue weighted by molar-refractivity contribution is 5.70. The standard InChI is InChI=1S/C25H28FN3O3/c1-25(2,3)32-24(30)29-20-9-10-21(29)15-28(14-20)19-5-4-6-22(12-19)31-16-18-8-7-17(13-27)11-23(18)26/h4-8,11-12,20-21H,9-10,14-16H2,1-3H3. The number of hydrogen-bond donors (Lipinski definition) is 0. The maximum Gasteiger partial charge on any atom is 0.410 e. The normalized spacial score (nSPS) is 20.1. The summed E-state index contributed by atoms with van der Waals surface area (Å²) in [6.45, 7) is 7.22. The lowest BCUT2D eigenvalue weighted by molar-refractivity contribution is 0.0123. The van der Waals surface area contributed by atoms with Crippen LogP contribution in [0.4, 0.5) is 14.9 Å². The van der Waals surface area contributed by atoms with Crippen molar-refractivity contribution in [3.63, 3.8) is 0 Å². The van der Waals surface area contributed by atoms with Gasteiger partial charge in [-0.25, -0.2) is 9.18 Å². The predicted molar refractivity (Wildman–Crippen MR) is 119 cm³/mol. The Kier molecular flexibility index (Phi) is 5.96. The van der Waals surface area contributed by atoms with E-state index in [4.69, 9.17) is 14.7 Å². The van der Waals surface area contributed by atoms with Gasteiger partial charge in [0.1, 0.15) is 23.8 Å². The van der Waals surface area contributed by atoms with Crippen LogP contribution in [0.1, 0.15) is 44.7 Å². The number of hydrogen-bond acceptors (Lipinski definition) is 5. The molecular weight excluding hydrogens is 409 g/mol. The van der Waals surface area contributed by atoms with E-state index in [0.29, 0.717) is 11.3 Å². The lowest BCUT2D eigenvalue weighted by atomic mass is 10.1. The van der Waals surface area contributed by atoms with E-state index in [2.05, 4.69) is 4.90 Å². The van der Waals surface area contributed by atoms with Crippen LogP contribution in [0.2, 0.25) is 0 Å². The quantitative estimate of drug-likeness (QED) is 0.683. The number of amides is 1. The van der Waals surface area contributed by atoms with Crippen molar-refractivity contribution in [3.8, 4) is 11.8 Å². The number of nitrogens with zero attached hydrogens (tertiary/aromatic N) is 3. The van der Waals surface area contributed by atoms with Crippen LogP contribution in [0.3, 0.4) is 0 Å². The van der Waals surface area contributed by atoms with Crippen LogP contribution >= 0.6 is 0 Å². The van der Waals surface area contributed by atoms with Crippen LogP contribution in [-0.2, 0) is 11.3 Å². The molecule has 2 unspecified atom stereocenters. The van der Waals surface area contributed by atoms with E-state index in [-0.39, 0.29) is 30.3 Å². The van der Waals surface area contributed by atoms with Gasteiger partial charge in [0.2, 0.25) is 0 Å². The van der Waals surface area contributed by atoms with Gasteiger partial charge in [-0.2, -0.15) is 5.26 Å². The third-order valence-electron chi connectivity index (χ3n) is 5.85. The van der Waals surface area contributed by atoms with Crippen molar-refractivity contribution in [2.45, 2.75) is 57.9 Å². The molecule has 4 rings (SSSR count). The molecule has 2 bridgehead atoms. The van der Waals surface area contributed by atoms with E-state index < -0.39 is 11.4 Å². The highest BCUT2D eigenvalue weighted by Gasteiger charge is 2.44. The summed E-state index contributed by atoms with van der Waals surface area (Å²) in [5.41, 5.74) is 1.20. The van der Waals surface area contributed by atoms with E-state index in [1.807, 2.05) is 56.0 Å². The van der Waals surface area contributed by atoms with E-state index in [0.717, 1.165) is 31.6 Å². The minimum Gasteiger partial charge on any atom is -0.489 e. The van der Waals surface area contributed by atoms with Gasteiger partial charge in [-0.3, -0.25) is 4.90 Å². The minimum atomic E-state index is -0.506. The van der Waals surface area contributed by atoms with E-state index >= 15 is 0 Å². The van der Waals surface area contributed by atoms with Crippen molar-refractivity contribution in [1.29, 1.82) is 5.26 Å². The highest BCUT2D eigenvalue weighted by atomic mass is 19.1. The van der Waals surface area contributed by atoms with Gasteiger partial charge in [0.05, 0.1) is 23.7 Å². The molecule has 2 aliphatic heterocycles. The number of fused-ring (bicyclic) bond motifs is 2. The summed E-state index contributed by atoms with van der Waals surface area (Å²) in [5.74, 6) is 0.197. The zero-order valence-corrected chi connectivity index (χ0v) is 18.7. The highest BCUT2D eigenvalue weighted by Crippen LogP contribution is 2.34. The molecule has 2 heterocycles. The molecule has 7 heteroatoms. The summed E-state index contributed by atoms with van der Waals surface area (Å²) in [7, 11) is 0. The monoisotopic (exact) mass is 437 g/mol. The van der Waals surface area contributed by atoms with Gasteiger partial charge in [0, 0.05) is 30.4 Å². The number of benzene rings is 2. The van der Waals surface area contributed by atoms with Crippen LogP contribution < -0.4 is 9.64 Å². The first-order valence-corrected chi connectivity index (χ1v) is 10.9. The zero-order chi connectivity index (χ0) is 22.9. The number of nitriles is 1. The second-order valence-corrected chi connectivity index (χ2v) is 9.38. The minimum absolute atomic E-state index is 0.0820. The lowest BCUT2D eigenvalue weighted by Gasteiger charge is -2.42. The van der Waals surface area contributed by atoms with Crippen LogP contribution in [0, 0.1) is 17.1 Å². The Morgan fingerprint density at radius 3 is 2.50 bits per heavy atom. The van der Waals surface area contributed by atoms with Gasteiger partial charge in [-0.1, -0.05) is 12.1 Å². The number of piperazine rings is 1. The first-order valence-electron chi connectivity index (χ1n) is 10.9. The number of ether oxygens (including phenoxy) is 2. The fourth-order valence-corrected chi connectivity index (χ4v) is 4.39. The van der Waals surface area contributed by atoms with Crippen molar-refractivity contribution in [2.24, 2.45) is 0 Å².